The van der Waals surface area contributed by atoms with Crippen molar-refractivity contribution in [3.8, 4) is 0 Å². The molecule has 0 aromatic carbocycles. The fraction of sp³-hybridized carbons (Fsp3) is 1.00. The van der Waals surface area contributed by atoms with Crippen LogP contribution in [0.1, 0.15) is 48.5 Å². The van der Waals surface area contributed by atoms with Crippen molar-refractivity contribution in [1.29, 1.82) is 0 Å². The third-order valence-corrected chi connectivity index (χ3v) is 9.09. The van der Waals surface area contributed by atoms with Gasteiger partial charge in [-0.2, -0.15) is 0 Å². The first-order valence-electron chi connectivity index (χ1n) is 8.05. The molecule has 0 rings (SSSR count). The average molecular weight is 545 g/mol. The summed E-state index contributed by atoms with van der Waals surface area (Å²) < 4.78 is 9.26. The van der Waals surface area contributed by atoms with Gasteiger partial charge in [-0.3, -0.25) is 0 Å². The smallest absolute Gasteiger partial charge is 0.244 e. The van der Waals surface area contributed by atoms with Crippen LogP contribution in [-0.2, 0) is 30.5 Å². The van der Waals surface area contributed by atoms with Crippen LogP contribution in [0.3, 0.4) is 0 Å². The number of hydrogen-bond donors (Lipinski definition) is 0. The molecule has 0 amide bonds. The molecule has 0 saturated heterocycles. The van der Waals surface area contributed by atoms with E-state index in [4.69, 9.17) is 11.6 Å². The summed E-state index contributed by atoms with van der Waals surface area (Å²) >= 11 is 5.46. The van der Waals surface area contributed by atoms with E-state index in [9.17, 15) is 0 Å². The van der Waals surface area contributed by atoms with Crippen LogP contribution in [0, 0.1) is 0 Å². The van der Waals surface area contributed by atoms with Gasteiger partial charge in [0.05, 0.1) is 0 Å². The normalized spacial score (nSPS) is 10.4. The molecule has 0 fully saturated rings. The van der Waals surface area contributed by atoms with E-state index in [2.05, 4.69) is 51.0 Å². The van der Waals surface area contributed by atoms with Gasteiger partial charge in [0.2, 0.25) is 5.25 Å². The topological polar surface area (TPSA) is 18.5 Å². The number of hydrogen-bond acceptors (Lipinski definition) is 2. The Labute approximate surface area is 162 Å². The maximum Gasteiger partial charge on any atom is 0.244 e. The summed E-state index contributed by atoms with van der Waals surface area (Å²) in [6.07, 6.45) is 8.51. The number of rotatable bonds is 8. The van der Waals surface area contributed by atoms with E-state index in [0.29, 0.717) is 15.8 Å². The zero-order valence-corrected chi connectivity index (χ0v) is 21.7. The number of alkyl halides is 1. The summed E-state index contributed by atoms with van der Waals surface area (Å²) in [5.74, 6) is 0. The standard InChI is InChI=1S/2C6H15P.C4H9ClO2.W/c2*1-4-7(5-2)6-3;1-4(5,6-2)7-3;/h2*4-6H2,1-3H3;1-3H3;. The van der Waals surface area contributed by atoms with Gasteiger partial charge < -0.3 is 9.47 Å². The van der Waals surface area contributed by atoms with Gasteiger partial charge in [0.25, 0.3) is 0 Å². The molecule has 0 saturated carbocycles. The van der Waals surface area contributed by atoms with Gasteiger partial charge in [0.15, 0.2) is 0 Å². The molecule has 0 radical (unpaired) electrons. The predicted molar refractivity (Wildman–Crippen MR) is 105 cm³/mol. The van der Waals surface area contributed by atoms with Crippen molar-refractivity contribution in [2.45, 2.75) is 53.7 Å². The largest absolute Gasteiger partial charge is 0.341 e. The third-order valence-electron chi connectivity index (χ3n) is 3.41. The molecule has 138 valence electrons. The van der Waals surface area contributed by atoms with Crippen LogP contribution >= 0.6 is 27.4 Å². The molecule has 0 aromatic rings. The molecule has 2 nitrogen and oxygen atoms in total. The second kappa shape index (κ2) is 22.8. The Bertz CT molecular complexity index is 162. The van der Waals surface area contributed by atoms with Crippen LogP contribution in [0.25, 0.3) is 0 Å². The van der Waals surface area contributed by atoms with Crippen LogP contribution < -0.4 is 0 Å². The second-order valence-electron chi connectivity index (χ2n) is 4.48. The van der Waals surface area contributed by atoms with Crippen LogP contribution in [-0.4, -0.2) is 56.4 Å². The number of ether oxygens (including phenoxy) is 2. The fourth-order valence-corrected chi connectivity index (χ4v) is 4.11. The molecule has 0 spiro atoms. The van der Waals surface area contributed by atoms with E-state index < -0.39 is 5.25 Å². The summed E-state index contributed by atoms with van der Waals surface area (Å²) in [6, 6.07) is 0. The molecule has 0 N–H and O–H groups in total. The number of halogens is 1. The van der Waals surface area contributed by atoms with Crippen molar-refractivity contribution in [2.24, 2.45) is 0 Å². The van der Waals surface area contributed by atoms with Crippen molar-refractivity contribution in [2.75, 3.05) is 51.2 Å². The Hall–Kier alpha value is 1.76. The summed E-state index contributed by atoms with van der Waals surface area (Å²) in [6.45, 7) is 15.4. The van der Waals surface area contributed by atoms with Gasteiger partial charge in [-0.25, -0.2) is 0 Å². The average Bonchev–Trinajstić information content (AvgIpc) is 2.52. The second-order valence-corrected chi connectivity index (χ2v) is 11.6. The third kappa shape index (κ3) is 24.0. The first-order chi connectivity index (χ1) is 9.81. The van der Waals surface area contributed by atoms with Crippen molar-refractivity contribution in [1.82, 2.24) is 0 Å². The first-order valence-corrected chi connectivity index (χ1v) is 12.2. The Morgan fingerprint density at radius 3 is 0.864 bits per heavy atom. The summed E-state index contributed by atoms with van der Waals surface area (Å²) in [7, 11) is 3.86. The van der Waals surface area contributed by atoms with E-state index in [1.165, 1.54) is 51.2 Å². The van der Waals surface area contributed by atoms with Gasteiger partial charge >= 0.3 is 0 Å². The quantitative estimate of drug-likeness (QED) is 0.204. The molecule has 0 heterocycles. The van der Waals surface area contributed by atoms with E-state index in [-0.39, 0.29) is 21.1 Å². The SMILES string of the molecule is CCP(CC)CC.CCP(CC)CC.COC(C)(Cl)OC.[W]. The molecule has 0 aliphatic heterocycles. The summed E-state index contributed by atoms with van der Waals surface area (Å²) in [5.41, 5.74) is 0. The molecule has 0 aromatic heterocycles. The van der Waals surface area contributed by atoms with Crippen molar-refractivity contribution < 1.29 is 30.5 Å². The van der Waals surface area contributed by atoms with Crippen molar-refractivity contribution in [3.63, 3.8) is 0 Å². The monoisotopic (exact) mass is 544 g/mol. The van der Waals surface area contributed by atoms with Crippen molar-refractivity contribution >= 4 is 27.4 Å². The zero-order valence-electron chi connectivity index (χ0n) is 16.2. The Morgan fingerprint density at radius 2 is 0.864 bits per heavy atom. The van der Waals surface area contributed by atoms with Crippen LogP contribution in [0.5, 0.6) is 0 Å². The first kappa shape index (κ1) is 31.5. The van der Waals surface area contributed by atoms with Crippen LogP contribution in [0.15, 0.2) is 0 Å². The molecule has 0 atom stereocenters. The molecular weight excluding hydrogens is 505 g/mol. The molecule has 6 heteroatoms. The molecule has 0 bridgehead atoms. The molecule has 22 heavy (non-hydrogen) atoms. The van der Waals surface area contributed by atoms with Gasteiger partial charge in [-0.1, -0.05) is 53.1 Å². The van der Waals surface area contributed by atoms with Crippen molar-refractivity contribution in [3.05, 3.63) is 0 Å². The van der Waals surface area contributed by atoms with Gasteiger partial charge in [-0.05, 0) is 37.0 Å². The summed E-state index contributed by atoms with van der Waals surface area (Å²) in [5, 5.41) is -0.944. The van der Waals surface area contributed by atoms with Gasteiger partial charge in [0, 0.05) is 42.2 Å². The molecular formula is C16H39ClO2P2W. The van der Waals surface area contributed by atoms with E-state index in [0.717, 1.165) is 0 Å². The predicted octanol–water partition coefficient (Wildman–Crippen LogP) is 6.25. The van der Waals surface area contributed by atoms with Gasteiger partial charge in [0.1, 0.15) is 0 Å². The maximum absolute atomic E-state index is 5.46. The minimum absolute atomic E-state index is 0. The van der Waals surface area contributed by atoms with Gasteiger partial charge in [-0.15, -0.1) is 15.8 Å². The van der Waals surface area contributed by atoms with E-state index >= 15 is 0 Å². The zero-order chi connectivity index (χ0) is 17.3. The minimum Gasteiger partial charge on any atom is -0.341 e. The minimum atomic E-state index is -0.944. The number of methoxy groups -OCH3 is 2. The molecule has 0 aliphatic rings. The Kier molecular flexibility index (Phi) is 32.6. The maximum atomic E-state index is 5.46. The van der Waals surface area contributed by atoms with Crippen LogP contribution in [0.4, 0.5) is 0 Å². The molecule has 0 aliphatic carbocycles. The van der Waals surface area contributed by atoms with E-state index in [1.807, 2.05) is 0 Å². The molecule has 0 unspecified atom stereocenters. The van der Waals surface area contributed by atoms with E-state index in [1.54, 1.807) is 6.92 Å². The Morgan fingerprint density at radius 1 is 0.682 bits per heavy atom. The van der Waals surface area contributed by atoms with Crippen LogP contribution in [0.2, 0.25) is 0 Å². The summed E-state index contributed by atoms with van der Waals surface area (Å²) in [4.78, 5) is 0. The Balaban J connectivity index is -0.000000108. The fourth-order valence-electron chi connectivity index (χ4n) is 1.42.